The van der Waals surface area contributed by atoms with Crippen molar-refractivity contribution in [3.8, 4) is 0 Å². The molecule has 1 rings (SSSR count). The molecule has 0 bridgehead atoms. The summed E-state index contributed by atoms with van der Waals surface area (Å²) < 4.78 is 65.2. The molecule has 5 nitrogen and oxygen atoms in total. The first-order valence-corrected chi connectivity index (χ1v) is 9.11. The summed E-state index contributed by atoms with van der Waals surface area (Å²) in [6.45, 7) is 1.07. The van der Waals surface area contributed by atoms with Crippen LogP contribution in [0.5, 0.6) is 0 Å². The number of carbonyl (C=O) groups is 1. The molecule has 0 saturated heterocycles. The summed E-state index contributed by atoms with van der Waals surface area (Å²) in [5.41, 5.74) is -5.52. The molecule has 0 radical (unpaired) electrons. The Balaban J connectivity index is 3.04. The fraction of sp³-hybridized carbons (Fsp3) is 0.222. The molecule has 1 aromatic carbocycles. The number of hydrogen-bond donors (Lipinski definition) is 1. The second-order valence-corrected chi connectivity index (χ2v) is 8.94. The van der Waals surface area contributed by atoms with E-state index in [9.17, 15) is 26.4 Å². The van der Waals surface area contributed by atoms with Gasteiger partial charge < -0.3 is 0 Å². The molecule has 0 fully saturated rings. The predicted octanol–water partition coefficient (Wildman–Crippen LogP) is 2.19. The molecule has 0 saturated carbocycles. The summed E-state index contributed by atoms with van der Waals surface area (Å²) in [5.74, 6) is -0.661. The number of carbonyl (C=O) groups excluding carboxylic acids is 1. The van der Waals surface area contributed by atoms with Crippen LogP contribution in [-0.4, -0.2) is 19.8 Å². The monoisotopic (exact) mass is 411 g/mol. The van der Waals surface area contributed by atoms with Gasteiger partial charge in [0.15, 0.2) is 0 Å². The summed E-state index contributed by atoms with van der Waals surface area (Å²) in [6, 6.07) is 7.40. The third-order valence-electron chi connectivity index (χ3n) is 1.58. The Kier molecular flexibility index (Phi) is 5.15. The molecule has 0 spiro atoms. The second-order valence-electron chi connectivity index (χ2n) is 3.16. The molecule has 0 unspecified atom stereocenters. The van der Waals surface area contributed by atoms with Crippen LogP contribution in [0.2, 0.25) is 0 Å². The van der Waals surface area contributed by atoms with E-state index in [4.69, 9.17) is 0 Å². The second kappa shape index (κ2) is 6.05. The third kappa shape index (κ3) is 4.62. The van der Waals surface area contributed by atoms with Crippen molar-refractivity contribution in [2.45, 2.75) is 12.4 Å². The zero-order valence-corrected chi connectivity index (χ0v) is 12.4. The van der Waals surface area contributed by atoms with Crippen LogP contribution in [0.15, 0.2) is 30.3 Å². The maximum absolute atomic E-state index is 12.2. The van der Waals surface area contributed by atoms with E-state index in [1.807, 2.05) is 0 Å². The van der Waals surface area contributed by atoms with Crippen molar-refractivity contribution in [3.63, 3.8) is 0 Å². The molecule has 0 aliphatic rings. The van der Waals surface area contributed by atoms with Gasteiger partial charge in [-0.1, -0.05) is 0 Å². The van der Waals surface area contributed by atoms with Gasteiger partial charge in [0.2, 0.25) is 0 Å². The van der Waals surface area contributed by atoms with Gasteiger partial charge >= 0.3 is 115 Å². The molecule has 19 heavy (non-hydrogen) atoms. The van der Waals surface area contributed by atoms with Gasteiger partial charge in [0.1, 0.15) is 0 Å². The quantitative estimate of drug-likeness (QED) is 0.469. The molecule has 0 atom stereocenters. The van der Waals surface area contributed by atoms with Crippen molar-refractivity contribution < 1.29 is 28.9 Å². The van der Waals surface area contributed by atoms with Gasteiger partial charge in [-0.25, -0.2) is 0 Å². The summed E-state index contributed by atoms with van der Waals surface area (Å²) in [7, 11) is -5.74. The summed E-state index contributed by atoms with van der Waals surface area (Å²) in [5, 5.41) is 0. The SMILES string of the molecule is CC(=O)NI(OS(=O)(=O)C(F)(F)F)c1ccccc1. The van der Waals surface area contributed by atoms with Crippen LogP contribution in [0.3, 0.4) is 0 Å². The number of benzene rings is 1. The number of amides is 1. The first kappa shape index (κ1) is 16.2. The van der Waals surface area contributed by atoms with Crippen molar-refractivity contribution in [2.75, 3.05) is 0 Å². The van der Waals surface area contributed by atoms with Crippen molar-refractivity contribution in [3.05, 3.63) is 33.9 Å². The van der Waals surface area contributed by atoms with Crippen LogP contribution in [-0.2, 0) is 17.4 Å². The Morgan fingerprint density at radius 3 is 2.21 bits per heavy atom. The van der Waals surface area contributed by atoms with Gasteiger partial charge in [-0.3, -0.25) is 0 Å². The minimum atomic E-state index is -5.74. The normalized spacial score (nSPS) is 12.9. The van der Waals surface area contributed by atoms with Gasteiger partial charge in [-0.15, -0.1) is 0 Å². The Morgan fingerprint density at radius 1 is 1.26 bits per heavy atom. The van der Waals surface area contributed by atoms with Gasteiger partial charge in [-0.05, 0) is 0 Å². The molecule has 1 aromatic rings. The number of rotatable bonds is 4. The van der Waals surface area contributed by atoms with Crippen LogP contribution in [0, 0.1) is 3.57 Å². The molecule has 1 N–H and O–H groups in total. The molecule has 1 amide bonds. The average Bonchev–Trinajstić information content (AvgIpc) is 2.27. The van der Waals surface area contributed by atoms with E-state index in [1.165, 1.54) is 24.3 Å². The van der Waals surface area contributed by atoms with Gasteiger partial charge in [0.05, 0.1) is 0 Å². The van der Waals surface area contributed by atoms with Crippen LogP contribution in [0.1, 0.15) is 6.92 Å². The standard InChI is InChI=1S/C9H9F3INO4S/c1-7(15)14-13(8-5-3-2-4-6-8)18-19(16,17)9(10,11)12/h2-6H,1H3,(H,14,15). The average molecular weight is 411 g/mol. The molecule has 108 valence electrons. The van der Waals surface area contributed by atoms with E-state index >= 15 is 0 Å². The van der Waals surface area contributed by atoms with Crippen LogP contribution in [0.4, 0.5) is 13.2 Å². The molecule has 10 heteroatoms. The van der Waals surface area contributed by atoms with Crippen LogP contribution in [0.25, 0.3) is 0 Å². The number of alkyl halides is 3. The van der Waals surface area contributed by atoms with E-state index < -0.39 is 42.0 Å². The summed E-state index contributed by atoms with van der Waals surface area (Å²) in [4.78, 5) is 10.9. The number of nitrogens with one attached hydrogen (secondary N) is 1. The fourth-order valence-electron chi connectivity index (χ4n) is 0.875. The van der Waals surface area contributed by atoms with E-state index in [0.29, 0.717) is 0 Å². The Morgan fingerprint density at radius 2 is 1.79 bits per heavy atom. The number of hydrogen-bond acceptors (Lipinski definition) is 4. The molecular formula is C9H9F3INO4S. The third-order valence-corrected chi connectivity index (χ3v) is 8.04. The van der Waals surface area contributed by atoms with Gasteiger partial charge in [0, 0.05) is 0 Å². The van der Waals surface area contributed by atoms with Crippen molar-refractivity contribution in [1.82, 2.24) is 3.53 Å². The van der Waals surface area contributed by atoms with E-state index in [-0.39, 0.29) is 3.57 Å². The Bertz CT molecular complexity index is 546. The van der Waals surface area contributed by atoms with Crippen LogP contribution < -0.4 is 3.53 Å². The van der Waals surface area contributed by atoms with Crippen LogP contribution >= 0.6 is 20.5 Å². The van der Waals surface area contributed by atoms with Crippen molar-refractivity contribution in [1.29, 1.82) is 0 Å². The first-order valence-electron chi connectivity index (χ1n) is 4.67. The topological polar surface area (TPSA) is 72.5 Å². The Hall–Kier alpha value is -0.880. The van der Waals surface area contributed by atoms with E-state index in [1.54, 1.807) is 6.07 Å². The Labute approximate surface area is 115 Å². The molecule has 0 aliphatic carbocycles. The van der Waals surface area contributed by atoms with Crippen molar-refractivity contribution >= 4 is 36.5 Å². The summed E-state index contributed by atoms with van der Waals surface area (Å²) >= 11 is -3.48. The zero-order chi connectivity index (χ0) is 14.7. The predicted molar refractivity (Wildman–Crippen MR) is 69.0 cm³/mol. The molecular weight excluding hydrogens is 402 g/mol. The minimum absolute atomic E-state index is 0.231. The van der Waals surface area contributed by atoms with E-state index in [0.717, 1.165) is 6.92 Å². The fourth-order valence-corrected chi connectivity index (χ4v) is 6.21. The zero-order valence-electron chi connectivity index (χ0n) is 9.44. The number of halogens is 4. The molecule has 0 aromatic heterocycles. The van der Waals surface area contributed by atoms with Gasteiger partial charge in [-0.2, -0.15) is 0 Å². The molecule has 0 heterocycles. The maximum atomic E-state index is 12.2. The summed E-state index contributed by atoms with van der Waals surface area (Å²) in [6.07, 6.45) is 0. The molecule has 0 aliphatic heterocycles. The van der Waals surface area contributed by atoms with Crippen molar-refractivity contribution in [2.24, 2.45) is 0 Å². The van der Waals surface area contributed by atoms with E-state index in [2.05, 4.69) is 6.04 Å². The van der Waals surface area contributed by atoms with Gasteiger partial charge in [0.25, 0.3) is 0 Å². The first-order chi connectivity index (χ1) is 8.63.